The van der Waals surface area contributed by atoms with Gasteiger partial charge in [-0.2, -0.15) is 18.3 Å². The van der Waals surface area contributed by atoms with Gasteiger partial charge in [0.25, 0.3) is 0 Å². The molecule has 8 heteroatoms. The number of halogens is 3. The second-order valence-electron chi connectivity index (χ2n) is 3.70. The minimum atomic E-state index is -4.42. The number of hydrogen-bond donors (Lipinski definition) is 2. The van der Waals surface area contributed by atoms with E-state index in [1.807, 2.05) is 0 Å². The third kappa shape index (κ3) is 5.54. The van der Waals surface area contributed by atoms with E-state index in [4.69, 9.17) is 17.0 Å². The minimum Gasteiger partial charge on any atom is -0.383 e. The molecule has 0 atom stereocenters. The number of benzene rings is 1. The molecule has 110 valence electrons. The van der Waals surface area contributed by atoms with Crippen LogP contribution in [-0.2, 0) is 10.9 Å². The molecule has 0 aliphatic heterocycles. The van der Waals surface area contributed by atoms with Crippen LogP contribution in [0.1, 0.15) is 11.1 Å². The van der Waals surface area contributed by atoms with E-state index in [-0.39, 0.29) is 10.7 Å². The van der Waals surface area contributed by atoms with Gasteiger partial charge in [-0.25, -0.2) is 0 Å². The standard InChI is InChI=1S/C12H14F3N3OS/c1-19-7-6-16-11(20)18-17-8-9-4-2-3-5-10(9)12(13,14)15/h2-5,8H,6-7H2,1H3,(H2,16,18,20). The van der Waals surface area contributed by atoms with Crippen LogP contribution in [0.2, 0.25) is 0 Å². The van der Waals surface area contributed by atoms with Crippen LogP contribution in [0, 0.1) is 0 Å². The Morgan fingerprint density at radius 3 is 2.75 bits per heavy atom. The third-order valence-electron chi connectivity index (χ3n) is 2.23. The zero-order valence-electron chi connectivity index (χ0n) is 10.7. The predicted octanol–water partition coefficient (Wildman–Crippen LogP) is 2.15. The fraction of sp³-hybridized carbons (Fsp3) is 0.333. The summed E-state index contributed by atoms with van der Waals surface area (Å²) in [7, 11) is 1.55. The van der Waals surface area contributed by atoms with Gasteiger partial charge in [-0.3, -0.25) is 5.43 Å². The molecule has 2 N–H and O–H groups in total. The lowest BCUT2D eigenvalue weighted by Crippen LogP contribution is -2.34. The summed E-state index contributed by atoms with van der Waals surface area (Å²) in [6.07, 6.45) is -3.34. The molecule has 1 rings (SSSR count). The number of alkyl halides is 3. The summed E-state index contributed by atoms with van der Waals surface area (Å²) in [4.78, 5) is 0. The van der Waals surface area contributed by atoms with Crippen molar-refractivity contribution in [1.29, 1.82) is 0 Å². The summed E-state index contributed by atoms with van der Waals surface area (Å²) in [6, 6.07) is 5.15. The van der Waals surface area contributed by atoms with Crippen molar-refractivity contribution < 1.29 is 17.9 Å². The lowest BCUT2D eigenvalue weighted by Gasteiger charge is -2.09. The van der Waals surface area contributed by atoms with Crippen LogP contribution in [0.4, 0.5) is 13.2 Å². The normalized spacial score (nSPS) is 11.6. The Balaban J connectivity index is 2.61. The molecule has 0 aliphatic rings. The maximum absolute atomic E-state index is 12.7. The molecule has 0 amide bonds. The topological polar surface area (TPSA) is 45.6 Å². The maximum Gasteiger partial charge on any atom is 0.417 e. The molecule has 0 saturated carbocycles. The van der Waals surface area contributed by atoms with Crippen molar-refractivity contribution in [2.24, 2.45) is 5.10 Å². The van der Waals surface area contributed by atoms with Gasteiger partial charge >= 0.3 is 6.18 Å². The van der Waals surface area contributed by atoms with E-state index in [9.17, 15) is 13.2 Å². The molecule has 0 saturated heterocycles. The van der Waals surface area contributed by atoms with E-state index < -0.39 is 11.7 Å². The molecule has 0 radical (unpaired) electrons. The van der Waals surface area contributed by atoms with Crippen LogP contribution in [0.5, 0.6) is 0 Å². The fourth-order valence-corrected chi connectivity index (χ4v) is 1.49. The summed E-state index contributed by atoms with van der Waals surface area (Å²) in [5.41, 5.74) is 1.65. The molecule has 0 spiro atoms. The Hall–Kier alpha value is -1.67. The highest BCUT2D eigenvalue weighted by Crippen LogP contribution is 2.30. The molecule has 0 heterocycles. The van der Waals surface area contributed by atoms with Gasteiger partial charge in [0, 0.05) is 19.2 Å². The molecule has 1 aromatic carbocycles. The number of rotatable bonds is 5. The first-order valence-electron chi connectivity index (χ1n) is 5.67. The van der Waals surface area contributed by atoms with Crippen molar-refractivity contribution in [1.82, 2.24) is 10.7 Å². The van der Waals surface area contributed by atoms with E-state index in [1.54, 1.807) is 7.11 Å². The summed E-state index contributed by atoms with van der Waals surface area (Å²) < 4.78 is 42.9. The van der Waals surface area contributed by atoms with Gasteiger partial charge in [-0.1, -0.05) is 18.2 Å². The van der Waals surface area contributed by atoms with Crippen molar-refractivity contribution in [2.75, 3.05) is 20.3 Å². The molecular formula is C12H14F3N3OS. The quantitative estimate of drug-likeness (QED) is 0.379. The van der Waals surface area contributed by atoms with Crippen molar-refractivity contribution in [3.63, 3.8) is 0 Å². The number of nitrogens with one attached hydrogen (secondary N) is 2. The summed E-state index contributed by atoms with van der Waals surface area (Å²) in [5, 5.41) is 6.66. The van der Waals surface area contributed by atoms with Crippen molar-refractivity contribution in [2.45, 2.75) is 6.18 Å². The van der Waals surface area contributed by atoms with E-state index in [2.05, 4.69) is 15.8 Å². The van der Waals surface area contributed by atoms with Crippen molar-refractivity contribution in [3.05, 3.63) is 35.4 Å². The van der Waals surface area contributed by atoms with E-state index in [1.165, 1.54) is 18.2 Å². The van der Waals surface area contributed by atoms with Crippen LogP contribution >= 0.6 is 12.2 Å². The second-order valence-corrected chi connectivity index (χ2v) is 4.11. The number of ether oxygens (including phenoxy) is 1. The van der Waals surface area contributed by atoms with Crippen LogP contribution in [-0.4, -0.2) is 31.6 Å². The third-order valence-corrected chi connectivity index (χ3v) is 2.46. The fourth-order valence-electron chi connectivity index (χ4n) is 1.33. The zero-order chi connectivity index (χ0) is 15.0. The van der Waals surface area contributed by atoms with Crippen LogP contribution in [0.15, 0.2) is 29.4 Å². The Morgan fingerprint density at radius 1 is 1.40 bits per heavy atom. The summed E-state index contributed by atoms with van der Waals surface area (Å²) in [5.74, 6) is 0. The molecule has 0 bridgehead atoms. The number of hydrogen-bond acceptors (Lipinski definition) is 3. The van der Waals surface area contributed by atoms with Crippen LogP contribution in [0.25, 0.3) is 0 Å². The minimum absolute atomic E-state index is 0.0350. The Labute approximate surface area is 120 Å². The second kappa shape index (κ2) is 7.81. The van der Waals surface area contributed by atoms with Gasteiger partial charge in [0.2, 0.25) is 0 Å². The van der Waals surface area contributed by atoms with Gasteiger partial charge < -0.3 is 10.1 Å². The van der Waals surface area contributed by atoms with Crippen LogP contribution in [0.3, 0.4) is 0 Å². The number of methoxy groups -OCH3 is 1. The van der Waals surface area contributed by atoms with Gasteiger partial charge in [-0.15, -0.1) is 0 Å². The van der Waals surface area contributed by atoms with Crippen molar-refractivity contribution in [3.8, 4) is 0 Å². The summed E-state index contributed by atoms with van der Waals surface area (Å²) in [6.45, 7) is 0.944. The van der Waals surface area contributed by atoms with Gasteiger partial charge in [0.1, 0.15) is 0 Å². The average Bonchev–Trinajstić information content (AvgIpc) is 2.38. The largest absolute Gasteiger partial charge is 0.417 e. The van der Waals surface area contributed by atoms with E-state index in [0.717, 1.165) is 12.3 Å². The predicted molar refractivity (Wildman–Crippen MR) is 74.7 cm³/mol. The number of thiocarbonyl (C=S) groups is 1. The Bertz CT molecular complexity index is 477. The zero-order valence-corrected chi connectivity index (χ0v) is 11.5. The molecule has 4 nitrogen and oxygen atoms in total. The monoisotopic (exact) mass is 305 g/mol. The van der Waals surface area contributed by atoms with Gasteiger partial charge in [0.15, 0.2) is 5.11 Å². The molecule has 1 aromatic rings. The SMILES string of the molecule is COCCNC(=S)NN=Cc1ccccc1C(F)(F)F. The highest BCUT2D eigenvalue weighted by molar-refractivity contribution is 7.80. The van der Waals surface area contributed by atoms with E-state index >= 15 is 0 Å². The molecule has 0 fully saturated rings. The lowest BCUT2D eigenvalue weighted by molar-refractivity contribution is -0.137. The first kappa shape index (κ1) is 16.4. The van der Waals surface area contributed by atoms with E-state index in [0.29, 0.717) is 13.2 Å². The number of nitrogens with zero attached hydrogens (tertiary/aromatic N) is 1. The van der Waals surface area contributed by atoms with Crippen molar-refractivity contribution >= 4 is 23.5 Å². The first-order chi connectivity index (χ1) is 9.45. The Kier molecular flexibility index (Phi) is 6.40. The number of hydrazone groups is 1. The first-order valence-corrected chi connectivity index (χ1v) is 6.08. The highest BCUT2D eigenvalue weighted by atomic mass is 32.1. The van der Waals surface area contributed by atoms with Gasteiger partial charge in [0.05, 0.1) is 18.4 Å². The highest BCUT2D eigenvalue weighted by Gasteiger charge is 2.32. The average molecular weight is 305 g/mol. The lowest BCUT2D eigenvalue weighted by atomic mass is 10.1. The van der Waals surface area contributed by atoms with Gasteiger partial charge in [-0.05, 0) is 18.3 Å². The smallest absolute Gasteiger partial charge is 0.383 e. The maximum atomic E-state index is 12.7. The molecule has 20 heavy (non-hydrogen) atoms. The summed E-state index contributed by atoms with van der Waals surface area (Å²) >= 11 is 4.88. The molecule has 0 unspecified atom stereocenters. The molecule has 0 aliphatic carbocycles. The molecule has 0 aromatic heterocycles. The molecular weight excluding hydrogens is 291 g/mol. The Morgan fingerprint density at radius 2 is 2.10 bits per heavy atom. The van der Waals surface area contributed by atoms with Crippen LogP contribution < -0.4 is 10.7 Å².